The predicted octanol–water partition coefficient (Wildman–Crippen LogP) is 1.97. The van der Waals surface area contributed by atoms with Crippen molar-refractivity contribution < 1.29 is 13.2 Å². The molecule has 8 heteroatoms. The Balaban J connectivity index is 1.68. The molecule has 1 amide bonds. The van der Waals surface area contributed by atoms with Crippen LogP contribution in [-0.2, 0) is 9.84 Å². The second kappa shape index (κ2) is 7.03. The van der Waals surface area contributed by atoms with Crippen LogP contribution in [0, 0.1) is 13.8 Å². The summed E-state index contributed by atoms with van der Waals surface area (Å²) in [4.78, 5) is 22.6. The molecule has 1 fully saturated rings. The summed E-state index contributed by atoms with van der Waals surface area (Å²) in [6.45, 7) is 4.00. The summed E-state index contributed by atoms with van der Waals surface area (Å²) in [7, 11) is -1.20. The van der Waals surface area contributed by atoms with Crippen molar-refractivity contribution in [3.63, 3.8) is 0 Å². The Bertz CT molecular complexity index is 926. The number of aryl methyl sites for hydroxylation is 2. The first-order valence-electron chi connectivity index (χ1n) is 8.39. The SMILES string of the molecule is Cc1ccc(NC(=O)c2cnc(N(C)C3CCS(=O)(=O)C3)nc2)cc1C. The fraction of sp³-hybridized carbons (Fsp3) is 0.389. The van der Waals surface area contributed by atoms with Gasteiger partial charge in [-0.25, -0.2) is 18.4 Å². The standard InChI is InChI=1S/C18H22N4O3S/c1-12-4-5-15(8-13(12)2)21-17(23)14-9-19-18(20-10-14)22(3)16-6-7-26(24,25)11-16/h4-5,8-10,16H,6-7,11H2,1-3H3,(H,21,23). The van der Waals surface area contributed by atoms with Crippen molar-refractivity contribution in [2.75, 3.05) is 28.8 Å². The molecular weight excluding hydrogens is 352 g/mol. The van der Waals surface area contributed by atoms with E-state index in [1.54, 1.807) is 11.9 Å². The number of amides is 1. The minimum atomic E-state index is -2.97. The molecule has 1 N–H and O–H groups in total. The summed E-state index contributed by atoms with van der Waals surface area (Å²) in [6, 6.07) is 5.59. The molecule has 2 heterocycles. The summed E-state index contributed by atoms with van der Waals surface area (Å²) in [5, 5.41) is 2.83. The van der Waals surface area contributed by atoms with Crippen LogP contribution < -0.4 is 10.2 Å². The topological polar surface area (TPSA) is 92.3 Å². The number of carbonyl (C=O) groups is 1. The Morgan fingerprint density at radius 1 is 1.19 bits per heavy atom. The lowest BCUT2D eigenvalue weighted by Gasteiger charge is -2.23. The van der Waals surface area contributed by atoms with Crippen LogP contribution in [-0.4, -0.2) is 48.9 Å². The van der Waals surface area contributed by atoms with Gasteiger partial charge in [0.1, 0.15) is 0 Å². The molecule has 1 aliphatic heterocycles. The van der Waals surface area contributed by atoms with Gasteiger partial charge in [-0.3, -0.25) is 4.79 Å². The normalized spacial score (nSPS) is 18.5. The summed E-state index contributed by atoms with van der Waals surface area (Å²) < 4.78 is 23.2. The van der Waals surface area contributed by atoms with Crippen molar-refractivity contribution in [3.8, 4) is 0 Å². The molecule has 1 atom stereocenters. The quantitative estimate of drug-likeness (QED) is 0.880. The fourth-order valence-corrected chi connectivity index (χ4v) is 4.66. The van der Waals surface area contributed by atoms with E-state index in [1.807, 2.05) is 32.0 Å². The maximum atomic E-state index is 12.3. The maximum Gasteiger partial charge on any atom is 0.258 e. The van der Waals surface area contributed by atoms with Crippen LogP contribution in [0.25, 0.3) is 0 Å². The summed E-state index contributed by atoms with van der Waals surface area (Å²) in [5.74, 6) is 0.432. The number of hydrogen-bond donors (Lipinski definition) is 1. The number of anilines is 2. The van der Waals surface area contributed by atoms with Gasteiger partial charge in [-0.2, -0.15) is 0 Å². The van der Waals surface area contributed by atoms with Crippen molar-refractivity contribution in [1.82, 2.24) is 9.97 Å². The van der Waals surface area contributed by atoms with E-state index in [9.17, 15) is 13.2 Å². The number of hydrogen-bond acceptors (Lipinski definition) is 6. The minimum absolute atomic E-state index is 0.113. The maximum absolute atomic E-state index is 12.3. The van der Waals surface area contributed by atoms with Gasteiger partial charge in [0.2, 0.25) is 5.95 Å². The molecule has 1 unspecified atom stereocenters. The first kappa shape index (κ1) is 18.3. The van der Waals surface area contributed by atoms with E-state index in [0.29, 0.717) is 17.9 Å². The van der Waals surface area contributed by atoms with Gasteiger partial charge in [0.05, 0.1) is 17.1 Å². The number of nitrogens with one attached hydrogen (secondary N) is 1. The fourth-order valence-electron chi connectivity index (χ4n) is 2.89. The molecule has 2 aromatic rings. The van der Waals surface area contributed by atoms with Gasteiger partial charge in [0.25, 0.3) is 5.91 Å². The zero-order chi connectivity index (χ0) is 18.9. The van der Waals surface area contributed by atoms with Crippen molar-refractivity contribution >= 4 is 27.4 Å². The largest absolute Gasteiger partial charge is 0.340 e. The summed E-state index contributed by atoms with van der Waals surface area (Å²) >= 11 is 0. The molecule has 1 aromatic carbocycles. The zero-order valence-electron chi connectivity index (χ0n) is 15.1. The number of carbonyl (C=O) groups excluding carboxylic acids is 1. The lowest BCUT2D eigenvalue weighted by molar-refractivity contribution is 0.102. The Kier molecular flexibility index (Phi) is 4.95. The second-order valence-electron chi connectivity index (χ2n) is 6.69. The average Bonchev–Trinajstić information content (AvgIpc) is 2.97. The van der Waals surface area contributed by atoms with Gasteiger partial charge in [-0.1, -0.05) is 6.07 Å². The lowest BCUT2D eigenvalue weighted by atomic mass is 10.1. The highest BCUT2D eigenvalue weighted by Crippen LogP contribution is 2.20. The smallest absolute Gasteiger partial charge is 0.258 e. The van der Waals surface area contributed by atoms with Gasteiger partial charge in [0, 0.05) is 31.2 Å². The van der Waals surface area contributed by atoms with Crippen molar-refractivity contribution in [1.29, 1.82) is 0 Å². The monoisotopic (exact) mass is 374 g/mol. The first-order valence-corrected chi connectivity index (χ1v) is 10.2. The van der Waals surface area contributed by atoms with Crippen LogP contribution in [0.2, 0.25) is 0 Å². The summed E-state index contributed by atoms with van der Waals surface area (Å²) in [5.41, 5.74) is 3.32. The van der Waals surface area contributed by atoms with E-state index in [0.717, 1.165) is 16.8 Å². The molecule has 26 heavy (non-hydrogen) atoms. The Hall–Kier alpha value is -2.48. The molecular formula is C18H22N4O3S. The molecule has 138 valence electrons. The van der Waals surface area contributed by atoms with Crippen molar-refractivity contribution in [3.05, 3.63) is 47.3 Å². The van der Waals surface area contributed by atoms with E-state index >= 15 is 0 Å². The van der Waals surface area contributed by atoms with Crippen LogP contribution in [0.3, 0.4) is 0 Å². The van der Waals surface area contributed by atoms with E-state index in [1.165, 1.54) is 12.4 Å². The number of aromatic nitrogens is 2. The molecule has 1 saturated heterocycles. The highest BCUT2D eigenvalue weighted by atomic mass is 32.2. The van der Waals surface area contributed by atoms with Crippen LogP contribution in [0.5, 0.6) is 0 Å². The molecule has 0 spiro atoms. The van der Waals surface area contributed by atoms with Gasteiger partial charge >= 0.3 is 0 Å². The van der Waals surface area contributed by atoms with E-state index in [2.05, 4.69) is 15.3 Å². The van der Waals surface area contributed by atoms with E-state index in [-0.39, 0.29) is 23.5 Å². The molecule has 3 rings (SSSR count). The first-order chi connectivity index (χ1) is 12.2. The van der Waals surface area contributed by atoms with E-state index in [4.69, 9.17) is 0 Å². The Morgan fingerprint density at radius 3 is 2.46 bits per heavy atom. The molecule has 0 saturated carbocycles. The lowest BCUT2D eigenvalue weighted by Crippen LogP contribution is -2.34. The molecule has 7 nitrogen and oxygen atoms in total. The molecule has 0 radical (unpaired) electrons. The number of benzene rings is 1. The average molecular weight is 374 g/mol. The van der Waals surface area contributed by atoms with Gasteiger partial charge in [-0.15, -0.1) is 0 Å². The Labute approximate surface area is 153 Å². The third-order valence-electron chi connectivity index (χ3n) is 4.74. The zero-order valence-corrected chi connectivity index (χ0v) is 15.9. The van der Waals surface area contributed by atoms with Gasteiger partial charge in [0.15, 0.2) is 9.84 Å². The van der Waals surface area contributed by atoms with Crippen LogP contribution in [0.4, 0.5) is 11.6 Å². The highest BCUT2D eigenvalue weighted by Gasteiger charge is 2.31. The molecule has 1 aliphatic rings. The minimum Gasteiger partial charge on any atom is -0.340 e. The highest BCUT2D eigenvalue weighted by molar-refractivity contribution is 7.91. The van der Waals surface area contributed by atoms with Crippen molar-refractivity contribution in [2.45, 2.75) is 26.3 Å². The van der Waals surface area contributed by atoms with Crippen LogP contribution >= 0.6 is 0 Å². The third kappa shape index (κ3) is 4.01. The van der Waals surface area contributed by atoms with Crippen LogP contribution in [0.15, 0.2) is 30.6 Å². The number of nitrogens with zero attached hydrogens (tertiary/aromatic N) is 3. The molecule has 1 aromatic heterocycles. The van der Waals surface area contributed by atoms with Crippen molar-refractivity contribution in [2.24, 2.45) is 0 Å². The third-order valence-corrected chi connectivity index (χ3v) is 6.49. The second-order valence-corrected chi connectivity index (χ2v) is 8.92. The number of rotatable bonds is 4. The molecule has 0 aliphatic carbocycles. The Morgan fingerprint density at radius 2 is 1.88 bits per heavy atom. The predicted molar refractivity (Wildman–Crippen MR) is 101 cm³/mol. The number of sulfone groups is 1. The summed E-state index contributed by atoms with van der Waals surface area (Å²) in [6.07, 6.45) is 3.48. The van der Waals surface area contributed by atoms with E-state index < -0.39 is 9.84 Å². The van der Waals surface area contributed by atoms with Crippen LogP contribution in [0.1, 0.15) is 27.9 Å². The molecule has 0 bridgehead atoms. The van der Waals surface area contributed by atoms with Gasteiger partial charge < -0.3 is 10.2 Å². The van der Waals surface area contributed by atoms with Gasteiger partial charge in [-0.05, 0) is 43.5 Å².